The highest BCUT2D eigenvalue weighted by Crippen LogP contribution is 2.60. The topological polar surface area (TPSA) is 20.2 Å². The Hall–Kier alpha value is -0.820. The Morgan fingerprint density at radius 3 is 1.84 bits per heavy atom. The molecule has 0 aliphatic heterocycles. The summed E-state index contributed by atoms with van der Waals surface area (Å²) in [6.07, 6.45) is 8.44. The molecule has 4 fully saturated rings. The van der Waals surface area contributed by atoms with Gasteiger partial charge >= 0.3 is 0 Å². The Labute approximate surface area is 116 Å². The molecule has 4 bridgehead atoms. The molecule has 1 atom stereocenters. The highest BCUT2D eigenvalue weighted by atomic mass is 16.3. The summed E-state index contributed by atoms with van der Waals surface area (Å²) in [6.45, 7) is 1.85. The van der Waals surface area contributed by atoms with Gasteiger partial charge in [-0.05, 0) is 79.7 Å². The number of rotatable bonds is 2. The predicted molar refractivity (Wildman–Crippen MR) is 76.9 cm³/mol. The van der Waals surface area contributed by atoms with E-state index in [0.29, 0.717) is 5.41 Å². The highest BCUT2D eigenvalue weighted by Gasteiger charge is 2.51. The third-order valence-electron chi connectivity index (χ3n) is 6.04. The lowest BCUT2D eigenvalue weighted by molar-refractivity contribution is -0.00521. The molecule has 4 aliphatic carbocycles. The van der Waals surface area contributed by atoms with E-state index in [1.165, 1.54) is 38.5 Å². The minimum atomic E-state index is -0.342. The van der Waals surface area contributed by atoms with E-state index in [4.69, 9.17) is 0 Å². The molecule has 1 N–H and O–H groups in total. The maximum absolute atomic E-state index is 9.65. The summed E-state index contributed by atoms with van der Waals surface area (Å²) < 4.78 is 0. The first-order valence-electron chi connectivity index (χ1n) is 7.93. The van der Waals surface area contributed by atoms with Crippen LogP contribution in [0.15, 0.2) is 24.3 Å². The molecule has 4 aliphatic rings. The van der Waals surface area contributed by atoms with Crippen LogP contribution in [-0.2, 0) is 5.41 Å². The molecule has 1 unspecified atom stereocenters. The van der Waals surface area contributed by atoms with Gasteiger partial charge in [-0.2, -0.15) is 0 Å². The molecular weight excluding hydrogens is 232 g/mol. The van der Waals surface area contributed by atoms with Crippen LogP contribution in [0.25, 0.3) is 0 Å². The van der Waals surface area contributed by atoms with E-state index in [-0.39, 0.29) is 6.10 Å². The number of hydrogen-bond acceptors (Lipinski definition) is 1. The van der Waals surface area contributed by atoms with E-state index >= 15 is 0 Å². The van der Waals surface area contributed by atoms with Gasteiger partial charge < -0.3 is 5.11 Å². The molecule has 0 aromatic heterocycles. The van der Waals surface area contributed by atoms with Crippen molar-refractivity contribution in [1.29, 1.82) is 0 Å². The van der Waals surface area contributed by atoms with Gasteiger partial charge in [-0.1, -0.05) is 24.3 Å². The molecule has 0 amide bonds. The lowest BCUT2D eigenvalue weighted by Crippen LogP contribution is -2.48. The second-order valence-electron chi connectivity index (χ2n) is 7.50. The minimum absolute atomic E-state index is 0.342. The van der Waals surface area contributed by atoms with Crippen LogP contribution in [-0.4, -0.2) is 5.11 Å². The third kappa shape index (κ3) is 1.86. The smallest absolute Gasteiger partial charge is 0.0761 e. The summed E-state index contributed by atoms with van der Waals surface area (Å²) in [5, 5.41) is 9.65. The largest absolute Gasteiger partial charge is 0.389 e. The maximum atomic E-state index is 9.65. The summed E-state index contributed by atoms with van der Waals surface area (Å²) in [5.41, 5.74) is 3.09. The molecule has 0 spiro atoms. The quantitative estimate of drug-likeness (QED) is 0.840. The van der Waals surface area contributed by atoms with Crippen molar-refractivity contribution in [3.05, 3.63) is 35.4 Å². The molecule has 1 aromatic rings. The zero-order valence-electron chi connectivity index (χ0n) is 11.8. The SMILES string of the molecule is CC(O)c1ccc(C23CC4CC(CC(C4)C2)C3)cc1. The van der Waals surface area contributed by atoms with Crippen molar-refractivity contribution in [3.63, 3.8) is 0 Å². The van der Waals surface area contributed by atoms with Crippen LogP contribution in [0.3, 0.4) is 0 Å². The van der Waals surface area contributed by atoms with Crippen molar-refractivity contribution >= 4 is 0 Å². The fourth-order valence-electron chi connectivity index (χ4n) is 5.58. The number of benzene rings is 1. The molecule has 102 valence electrons. The van der Waals surface area contributed by atoms with Gasteiger partial charge in [-0.3, -0.25) is 0 Å². The van der Waals surface area contributed by atoms with E-state index in [1.54, 1.807) is 5.56 Å². The van der Waals surface area contributed by atoms with Gasteiger partial charge in [-0.25, -0.2) is 0 Å². The van der Waals surface area contributed by atoms with Gasteiger partial charge in [-0.15, -0.1) is 0 Å². The second kappa shape index (κ2) is 4.09. The van der Waals surface area contributed by atoms with Crippen molar-refractivity contribution in [1.82, 2.24) is 0 Å². The van der Waals surface area contributed by atoms with Gasteiger partial charge in [0.1, 0.15) is 0 Å². The van der Waals surface area contributed by atoms with Crippen LogP contribution < -0.4 is 0 Å². The highest BCUT2D eigenvalue weighted by molar-refractivity contribution is 5.32. The van der Waals surface area contributed by atoms with Gasteiger partial charge in [0.2, 0.25) is 0 Å². The van der Waals surface area contributed by atoms with Crippen LogP contribution in [0.1, 0.15) is 62.7 Å². The first-order chi connectivity index (χ1) is 9.14. The summed E-state index contributed by atoms with van der Waals surface area (Å²) in [7, 11) is 0. The van der Waals surface area contributed by atoms with Crippen molar-refractivity contribution in [3.8, 4) is 0 Å². The third-order valence-corrected chi connectivity index (χ3v) is 6.04. The monoisotopic (exact) mass is 256 g/mol. The molecule has 1 aromatic carbocycles. The zero-order chi connectivity index (χ0) is 13.0. The molecule has 19 heavy (non-hydrogen) atoms. The van der Waals surface area contributed by atoms with Crippen LogP contribution in [0.4, 0.5) is 0 Å². The first kappa shape index (κ1) is 12.0. The molecule has 1 heteroatoms. The summed E-state index contributed by atoms with van der Waals surface area (Å²) in [6, 6.07) is 8.88. The van der Waals surface area contributed by atoms with Crippen LogP contribution in [0, 0.1) is 17.8 Å². The number of hydrogen-bond donors (Lipinski definition) is 1. The molecule has 0 heterocycles. The van der Waals surface area contributed by atoms with Crippen LogP contribution in [0.5, 0.6) is 0 Å². The van der Waals surface area contributed by atoms with Gasteiger partial charge in [0.15, 0.2) is 0 Å². The van der Waals surface area contributed by atoms with Gasteiger partial charge in [0.25, 0.3) is 0 Å². The molecular formula is C18H24O. The normalized spacial score (nSPS) is 41.5. The average Bonchev–Trinajstić information content (AvgIpc) is 2.37. The van der Waals surface area contributed by atoms with E-state index in [9.17, 15) is 5.11 Å². The Morgan fingerprint density at radius 1 is 0.947 bits per heavy atom. The Morgan fingerprint density at radius 2 is 1.42 bits per heavy atom. The lowest BCUT2D eigenvalue weighted by Gasteiger charge is -2.57. The van der Waals surface area contributed by atoms with E-state index in [2.05, 4.69) is 24.3 Å². The van der Waals surface area contributed by atoms with Crippen LogP contribution in [0.2, 0.25) is 0 Å². The predicted octanol–water partition coefficient (Wildman–Crippen LogP) is 4.21. The zero-order valence-corrected chi connectivity index (χ0v) is 11.8. The van der Waals surface area contributed by atoms with E-state index < -0.39 is 0 Å². The average molecular weight is 256 g/mol. The lowest BCUT2D eigenvalue weighted by atomic mass is 9.48. The van der Waals surface area contributed by atoms with Crippen molar-refractivity contribution in [2.75, 3.05) is 0 Å². The summed E-state index contributed by atoms with van der Waals surface area (Å²) >= 11 is 0. The first-order valence-corrected chi connectivity index (χ1v) is 7.93. The standard InChI is InChI=1S/C18H24O/c1-12(19)16-2-4-17(5-3-16)18-9-13-6-14(10-18)8-15(7-13)11-18/h2-5,12-15,19H,6-11H2,1H3. The van der Waals surface area contributed by atoms with Gasteiger partial charge in [0.05, 0.1) is 6.10 Å². The molecule has 0 radical (unpaired) electrons. The van der Waals surface area contributed by atoms with Crippen molar-refractivity contribution < 1.29 is 5.11 Å². The van der Waals surface area contributed by atoms with E-state index in [1.807, 2.05) is 6.92 Å². The molecule has 1 nitrogen and oxygen atoms in total. The van der Waals surface area contributed by atoms with Gasteiger partial charge in [0, 0.05) is 0 Å². The molecule has 4 saturated carbocycles. The Balaban J connectivity index is 1.67. The van der Waals surface area contributed by atoms with E-state index in [0.717, 1.165) is 23.3 Å². The fraction of sp³-hybridized carbons (Fsp3) is 0.667. The summed E-state index contributed by atoms with van der Waals surface area (Å²) in [5.74, 6) is 3.01. The number of aliphatic hydroxyl groups excluding tert-OH is 1. The molecule has 0 saturated heterocycles. The minimum Gasteiger partial charge on any atom is -0.389 e. The van der Waals surface area contributed by atoms with Crippen molar-refractivity contribution in [2.45, 2.75) is 57.0 Å². The fourth-order valence-corrected chi connectivity index (χ4v) is 5.58. The molecule has 5 rings (SSSR count). The van der Waals surface area contributed by atoms with Crippen molar-refractivity contribution in [2.24, 2.45) is 17.8 Å². The number of aliphatic hydroxyl groups is 1. The summed E-state index contributed by atoms with van der Waals surface area (Å²) in [4.78, 5) is 0. The Bertz CT molecular complexity index is 436. The maximum Gasteiger partial charge on any atom is 0.0761 e. The van der Waals surface area contributed by atoms with Crippen LogP contribution >= 0.6 is 0 Å². The Kier molecular flexibility index (Phi) is 2.57. The second-order valence-corrected chi connectivity index (χ2v) is 7.50.